The molecule has 196 valence electrons. The molecule has 0 aromatic heterocycles. The van der Waals surface area contributed by atoms with E-state index >= 15 is 0 Å². The molecule has 2 atom stereocenters. The van der Waals surface area contributed by atoms with Crippen LogP contribution >= 0.6 is 0 Å². The van der Waals surface area contributed by atoms with Crippen molar-refractivity contribution in [2.45, 2.75) is 29.8 Å². The third-order valence-electron chi connectivity index (χ3n) is 5.86. The Balaban J connectivity index is 1.55. The number of hydrogen-bond donors (Lipinski definition) is 2. The van der Waals surface area contributed by atoms with Gasteiger partial charge in [-0.3, -0.25) is 0 Å². The predicted octanol–water partition coefficient (Wildman–Crippen LogP) is 5.57. The standard InChI is InChI=1S/C25H23F4N3O4S/c26-20-8-6-19(7-9-20)24(14-15-32(17-24)23(33)35-16-18-4-2-1-3-5-18)31-37(30,34)22-12-10-21(11-13-22)36-25(27,28)29/h1-13H,14-17H2,(H2,30,31,34). The van der Waals surface area contributed by atoms with E-state index < -0.39 is 39.5 Å². The molecule has 37 heavy (non-hydrogen) atoms. The summed E-state index contributed by atoms with van der Waals surface area (Å²) in [5, 5.41) is 0. The minimum atomic E-state index is -4.89. The zero-order valence-corrected chi connectivity index (χ0v) is 20.2. The highest BCUT2D eigenvalue weighted by Crippen LogP contribution is 2.35. The fourth-order valence-corrected chi connectivity index (χ4v) is 5.56. The highest BCUT2D eigenvalue weighted by atomic mass is 32.2. The average molecular weight is 538 g/mol. The minimum absolute atomic E-state index is 0.0304. The number of benzene rings is 3. The Labute approximate surface area is 211 Å². The van der Waals surface area contributed by atoms with E-state index in [0.717, 1.165) is 29.8 Å². The summed E-state index contributed by atoms with van der Waals surface area (Å²) < 4.78 is 85.0. The van der Waals surface area contributed by atoms with Crippen LogP contribution in [0.2, 0.25) is 0 Å². The largest absolute Gasteiger partial charge is 0.573 e. The maximum absolute atomic E-state index is 13.6. The third kappa shape index (κ3) is 6.57. The Morgan fingerprint density at radius 2 is 1.68 bits per heavy atom. The number of amides is 1. The van der Waals surface area contributed by atoms with Gasteiger partial charge in [0, 0.05) is 13.1 Å². The molecule has 0 radical (unpaired) electrons. The van der Waals surface area contributed by atoms with E-state index in [1.54, 1.807) is 0 Å². The zero-order chi connectivity index (χ0) is 26.7. The van der Waals surface area contributed by atoms with Gasteiger partial charge in [0.2, 0.25) is 0 Å². The number of halogens is 4. The third-order valence-corrected chi connectivity index (χ3v) is 7.47. The maximum Gasteiger partial charge on any atom is 0.573 e. The second-order valence-corrected chi connectivity index (χ2v) is 10.3. The molecule has 7 nitrogen and oxygen atoms in total. The van der Waals surface area contributed by atoms with Crippen LogP contribution in [-0.4, -0.2) is 34.7 Å². The summed E-state index contributed by atoms with van der Waals surface area (Å²) in [6.07, 6.45) is -5.28. The number of likely N-dealkylation sites (tertiary alicyclic amines) is 1. The molecular formula is C25H23F4N3O4S. The Bertz CT molecular complexity index is 1340. The summed E-state index contributed by atoms with van der Waals surface area (Å²) in [6, 6.07) is 18.6. The highest BCUT2D eigenvalue weighted by Gasteiger charge is 2.44. The van der Waals surface area contributed by atoms with Gasteiger partial charge in [0.25, 0.3) is 0 Å². The number of carbonyl (C=O) groups is 1. The van der Waals surface area contributed by atoms with E-state index in [2.05, 4.69) is 9.46 Å². The lowest BCUT2D eigenvalue weighted by molar-refractivity contribution is -0.274. The van der Waals surface area contributed by atoms with Crippen LogP contribution in [0.15, 0.2) is 83.8 Å². The molecule has 1 aliphatic heterocycles. The number of rotatable bonds is 7. The Hall–Kier alpha value is -3.64. The predicted molar refractivity (Wildman–Crippen MR) is 126 cm³/mol. The lowest BCUT2D eigenvalue weighted by atomic mass is 9.90. The fraction of sp³-hybridized carbons (Fsp3) is 0.240. The second kappa shape index (κ2) is 10.4. The van der Waals surface area contributed by atoms with Gasteiger partial charge in [-0.2, -0.15) is 0 Å². The number of nitrogens with one attached hydrogen (secondary N) is 2. The Kier molecular flexibility index (Phi) is 7.42. The molecule has 1 fully saturated rings. The van der Waals surface area contributed by atoms with Crippen molar-refractivity contribution in [3.8, 4) is 5.75 Å². The van der Waals surface area contributed by atoms with Crippen LogP contribution in [0.5, 0.6) is 5.75 Å². The molecule has 0 bridgehead atoms. The van der Waals surface area contributed by atoms with Crippen LogP contribution < -0.4 is 9.46 Å². The van der Waals surface area contributed by atoms with Crippen LogP contribution in [-0.2, 0) is 26.8 Å². The first-order valence-corrected chi connectivity index (χ1v) is 12.7. The summed E-state index contributed by atoms with van der Waals surface area (Å²) >= 11 is 0. The molecule has 2 unspecified atom stereocenters. The van der Waals surface area contributed by atoms with E-state index in [1.807, 2.05) is 30.3 Å². The van der Waals surface area contributed by atoms with Crippen LogP contribution in [0.4, 0.5) is 22.4 Å². The summed E-state index contributed by atoms with van der Waals surface area (Å²) in [6.45, 7) is 0.220. The van der Waals surface area contributed by atoms with E-state index in [9.17, 15) is 26.6 Å². The second-order valence-electron chi connectivity index (χ2n) is 8.48. The van der Waals surface area contributed by atoms with Gasteiger partial charge in [-0.05, 0) is 53.9 Å². The van der Waals surface area contributed by atoms with E-state index in [-0.39, 0.29) is 31.0 Å². The number of carbonyl (C=O) groups excluding carboxylic acids is 1. The summed E-state index contributed by atoms with van der Waals surface area (Å²) in [4.78, 5) is 14.1. The van der Waals surface area contributed by atoms with Gasteiger partial charge in [0.1, 0.15) is 28.1 Å². The number of alkyl halides is 3. The number of nitrogens with zero attached hydrogens (tertiary/aromatic N) is 1. The van der Waals surface area contributed by atoms with Gasteiger partial charge < -0.3 is 14.4 Å². The fourth-order valence-electron chi connectivity index (χ4n) is 4.09. The molecule has 1 amide bonds. The minimum Gasteiger partial charge on any atom is -0.445 e. The first kappa shape index (κ1) is 26.4. The highest BCUT2D eigenvalue weighted by molar-refractivity contribution is 7.90. The van der Waals surface area contributed by atoms with Gasteiger partial charge >= 0.3 is 12.5 Å². The van der Waals surface area contributed by atoms with Crippen LogP contribution in [0.25, 0.3) is 0 Å². The molecular weight excluding hydrogens is 514 g/mol. The number of hydrogen-bond acceptors (Lipinski definition) is 5. The van der Waals surface area contributed by atoms with Gasteiger partial charge in [0.05, 0.1) is 10.4 Å². The van der Waals surface area contributed by atoms with Crippen molar-refractivity contribution in [3.05, 3.63) is 95.8 Å². The Morgan fingerprint density at radius 3 is 2.30 bits per heavy atom. The summed E-state index contributed by atoms with van der Waals surface area (Å²) in [7, 11) is -3.78. The summed E-state index contributed by atoms with van der Waals surface area (Å²) in [5.41, 5.74) is 0.0776. The topological polar surface area (TPSA) is 91.7 Å². The van der Waals surface area contributed by atoms with Crippen LogP contribution in [0.3, 0.4) is 0 Å². The van der Waals surface area contributed by atoms with Crippen molar-refractivity contribution in [1.82, 2.24) is 9.62 Å². The van der Waals surface area contributed by atoms with E-state index in [0.29, 0.717) is 5.56 Å². The van der Waals surface area contributed by atoms with Crippen molar-refractivity contribution >= 4 is 16.0 Å². The molecule has 4 rings (SSSR count). The molecule has 1 heterocycles. The smallest absolute Gasteiger partial charge is 0.445 e. The molecule has 3 aromatic rings. The number of ether oxygens (including phenoxy) is 2. The van der Waals surface area contributed by atoms with Gasteiger partial charge in [0.15, 0.2) is 0 Å². The first-order valence-electron chi connectivity index (χ1n) is 11.1. The van der Waals surface area contributed by atoms with Crippen molar-refractivity contribution in [1.29, 1.82) is 4.78 Å². The van der Waals surface area contributed by atoms with E-state index in [1.165, 1.54) is 29.2 Å². The van der Waals surface area contributed by atoms with Crippen molar-refractivity contribution in [2.75, 3.05) is 13.1 Å². The molecule has 1 saturated heterocycles. The molecule has 1 aliphatic rings. The van der Waals surface area contributed by atoms with Crippen molar-refractivity contribution < 1.29 is 36.0 Å². The van der Waals surface area contributed by atoms with Gasteiger partial charge in [-0.25, -0.2) is 22.9 Å². The zero-order valence-electron chi connectivity index (χ0n) is 19.3. The van der Waals surface area contributed by atoms with Crippen molar-refractivity contribution in [3.63, 3.8) is 0 Å². The molecule has 0 saturated carbocycles. The molecule has 0 aliphatic carbocycles. The Morgan fingerprint density at radius 1 is 1.03 bits per heavy atom. The molecule has 3 aromatic carbocycles. The quantitative estimate of drug-likeness (QED) is 0.386. The first-order chi connectivity index (χ1) is 17.5. The van der Waals surface area contributed by atoms with Gasteiger partial charge in [-0.1, -0.05) is 42.5 Å². The lowest BCUT2D eigenvalue weighted by Crippen LogP contribution is -2.48. The van der Waals surface area contributed by atoms with Gasteiger partial charge in [-0.15, -0.1) is 13.2 Å². The maximum atomic E-state index is 13.6. The van der Waals surface area contributed by atoms with Crippen LogP contribution in [0.1, 0.15) is 17.5 Å². The molecule has 0 spiro atoms. The normalized spacial score (nSPS) is 19.3. The van der Waals surface area contributed by atoms with Crippen molar-refractivity contribution in [2.24, 2.45) is 0 Å². The molecule has 2 N–H and O–H groups in total. The average Bonchev–Trinajstić information content (AvgIpc) is 3.27. The van der Waals surface area contributed by atoms with E-state index in [4.69, 9.17) is 9.52 Å². The SMILES string of the molecule is N=S(=O)(NC1(c2ccc(F)cc2)CCN(C(=O)OCc2ccccc2)C1)c1ccc(OC(F)(F)F)cc1. The monoisotopic (exact) mass is 537 g/mol. The molecule has 12 heteroatoms. The summed E-state index contributed by atoms with van der Waals surface area (Å²) in [5.74, 6) is -1.02. The lowest BCUT2D eigenvalue weighted by Gasteiger charge is -2.32. The van der Waals surface area contributed by atoms with Crippen LogP contribution in [0, 0.1) is 10.6 Å².